The van der Waals surface area contributed by atoms with Gasteiger partial charge in [-0.3, -0.25) is 20.2 Å². The number of hydrogen-bond acceptors (Lipinski definition) is 10. The van der Waals surface area contributed by atoms with E-state index in [1.807, 2.05) is 6.07 Å². The minimum absolute atomic E-state index is 0.231. The number of amidine groups is 1. The maximum Gasteiger partial charge on any atom is 0.564 e. The van der Waals surface area contributed by atoms with E-state index < -0.39 is 46.3 Å². The van der Waals surface area contributed by atoms with Crippen molar-refractivity contribution in [3.8, 4) is 11.8 Å². The molecule has 0 aliphatic carbocycles. The Labute approximate surface area is 210 Å². The van der Waals surface area contributed by atoms with E-state index in [4.69, 9.17) is 24.8 Å². The number of nitrogens with two attached hydrogens (primary N) is 1. The molecule has 0 radical (unpaired) electrons. The van der Waals surface area contributed by atoms with Gasteiger partial charge in [0.1, 0.15) is 22.9 Å². The van der Waals surface area contributed by atoms with E-state index >= 15 is 0 Å². The van der Waals surface area contributed by atoms with Crippen molar-refractivity contribution in [3.05, 3.63) is 85.7 Å². The van der Waals surface area contributed by atoms with Gasteiger partial charge in [0.25, 0.3) is 0 Å². The van der Waals surface area contributed by atoms with Gasteiger partial charge in [-0.25, -0.2) is 9.36 Å². The number of carbonyl (C=O) groups is 1. The lowest BCUT2D eigenvalue weighted by Crippen LogP contribution is -2.22. The number of ether oxygens (including phenoxy) is 1. The molecule has 37 heavy (non-hydrogen) atoms. The number of allylic oxidation sites excluding steroid dienone is 1. The van der Waals surface area contributed by atoms with Crippen molar-refractivity contribution in [1.82, 2.24) is 0 Å². The predicted molar refractivity (Wildman–Crippen MR) is 131 cm³/mol. The van der Waals surface area contributed by atoms with Crippen LogP contribution >= 0.6 is 7.75 Å². The van der Waals surface area contributed by atoms with Gasteiger partial charge in [0.05, 0.1) is 33.6 Å². The van der Waals surface area contributed by atoms with Crippen LogP contribution in [-0.4, -0.2) is 27.3 Å². The van der Waals surface area contributed by atoms with Crippen LogP contribution in [0.2, 0.25) is 0 Å². The van der Waals surface area contributed by atoms with Crippen molar-refractivity contribution < 1.29 is 33.0 Å². The number of nitro groups is 2. The van der Waals surface area contributed by atoms with Crippen LogP contribution in [0.5, 0.6) is 5.75 Å². The molecular formula is C22H22N5O9P. The van der Waals surface area contributed by atoms with Crippen LogP contribution in [0.4, 0.5) is 11.4 Å². The van der Waals surface area contributed by atoms with Gasteiger partial charge in [-0.05, 0) is 58.0 Å². The minimum Gasteiger partial charge on any atom is -0.457 e. The van der Waals surface area contributed by atoms with E-state index in [9.17, 15) is 29.6 Å². The molecule has 0 saturated carbocycles. The van der Waals surface area contributed by atoms with Crippen LogP contribution in [-0.2, 0) is 18.6 Å². The zero-order valence-electron chi connectivity index (χ0n) is 20.1. The standard InChI is InChI=1S/C22H22N5O9P/c1-14(11-20(28)34-22(2,3)4)35-37(33,25-21(24)16-7-5-15(13-23)6-8-16)36-17-9-10-18(26(29)30)19(12-17)27(31)32/h5-12H,1-4H3,(H2,24,25,33)/b14-11+. The molecule has 2 aromatic carbocycles. The number of rotatable bonds is 9. The molecule has 15 heteroatoms. The Kier molecular flexibility index (Phi) is 8.71. The van der Waals surface area contributed by atoms with Crippen LogP contribution in [0.25, 0.3) is 0 Å². The average molecular weight is 531 g/mol. The Morgan fingerprint density at radius 2 is 1.70 bits per heavy atom. The second-order valence-electron chi connectivity index (χ2n) is 8.28. The molecule has 0 aromatic heterocycles. The summed E-state index contributed by atoms with van der Waals surface area (Å²) in [5.41, 5.74) is 3.92. The molecule has 0 bridgehead atoms. The largest absolute Gasteiger partial charge is 0.564 e. The Bertz CT molecular complexity index is 1370. The molecule has 1 atom stereocenters. The Balaban J connectivity index is 2.52. The van der Waals surface area contributed by atoms with Crippen molar-refractivity contribution in [1.29, 1.82) is 5.26 Å². The van der Waals surface area contributed by atoms with Crippen molar-refractivity contribution in [3.63, 3.8) is 0 Å². The van der Waals surface area contributed by atoms with Gasteiger partial charge >= 0.3 is 25.1 Å². The fraction of sp³-hybridized carbons (Fsp3) is 0.227. The smallest absolute Gasteiger partial charge is 0.457 e. The molecule has 0 fully saturated rings. The highest BCUT2D eigenvalue weighted by atomic mass is 31.2. The van der Waals surface area contributed by atoms with Gasteiger partial charge in [0, 0.05) is 11.6 Å². The molecular weight excluding hydrogens is 509 g/mol. The first-order valence-electron chi connectivity index (χ1n) is 10.3. The van der Waals surface area contributed by atoms with E-state index in [-0.39, 0.29) is 17.2 Å². The summed E-state index contributed by atoms with van der Waals surface area (Å²) in [7, 11) is -4.70. The lowest BCUT2D eigenvalue weighted by molar-refractivity contribution is -0.422. The predicted octanol–water partition coefficient (Wildman–Crippen LogP) is 4.53. The van der Waals surface area contributed by atoms with E-state index in [1.54, 1.807) is 20.8 Å². The molecule has 14 nitrogen and oxygen atoms in total. The third kappa shape index (κ3) is 8.44. The van der Waals surface area contributed by atoms with Crippen molar-refractivity contribution in [2.24, 2.45) is 10.5 Å². The number of hydrogen-bond donors (Lipinski definition) is 1. The molecule has 194 valence electrons. The van der Waals surface area contributed by atoms with E-state index in [2.05, 4.69) is 4.76 Å². The van der Waals surface area contributed by atoms with Gasteiger partial charge in [-0.15, -0.1) is 4.76 Å². The monoisotopic (exact) mass is 531 g/mol. The molecule has 0 spiro atoms. The molecule has 0 saturated heterocycles. The highest BCUT2D eigenvalue weighted by Crippen LogP contribution is 2.52. The zero-order valence-corrected chi connectivity index (χ0v) is 21.0. The summed E-state index contributed by atoms with van der Waals surface area (Å²) in [4.78, 5) is 32.5. The summed E-state index contributed by atoms with van der Waals surface area (Å²) in [6.45, 7) is 6.15. The average Bonchev–Trinajstić information content (AvgIpc) is 2.76. The summed E-state index contributed by atoms with van der Waals surface area (Å²) in [5.74, 6) is -1.90. The normalized spacial score (nSPS) is 13.6. The first-order chi connectivity index (χ1) is 17.1. The number of nitriles is 1. The molecule has 0 aliphatic heterocycles. The maximum absolute atomic E-state index is 13.6. The van der Waals surface area contributed by atoms with Crippen LogP contribution in [0, 0.1) is 31.6 Å². The molecule has 0 heterocycles. The lowest BCUT2D eigenvalue weighted by Gasteiger charge is -2.19. The SMILES string of the molecule is C/C(=C\C(=O)OC(C)(C)C)OP(=O)(N=C(N)c1ccc(C#N)cc1)Oc1ccc([N+](=O)[O-])c([N+](=O)[O-])c1. The van der Waals surface area contributed by atoms with Crippen molar-refractivity contribution >= 4 is 30.9 Å². The number of esters is 1. The maximum atomic E-state index is 13.6. The minimum atomic E-state index is -4.70. The van der Waals surface area contributed by atoms with Gasteiger partial charge in [0.2, 0.25) is 0 Å². The number of benzene rings is 2. The quantitative estimate of drug-likeness (QED) is 0.0694. The molecule has 2 rings (SSSR count). The van der Waals surface area contributed by atoms with Gasteiger partial charge in [-0.2, -0.15) is 5.26 Å². The molecule has 2 N–H and O–H groups in total. The first-order valence-corrected chi connectivity index (χ1v) is 11.8. The third-order valence-corrected chi connectivity index (χ3v) is 5.51. The molecule has 0 amide bonds. The highest BCUT2D eigenvalue weighted by molar-refractivity contribution is 7.53. The molecule has 0 aliphatic rings. The van der Waals surface area contributed by atoms with Crippen LogP contribution < -0.4 is 10.3 Å². The van der Waals surface area contributed by atoms with Gasteiger partial charge in [-0.1, -0.05) is 0 Å². The van der Waals surface area contributed by atoms with E-state index in [0.717, 1.165) is 18.2 Å². The summed E-state index contributed by atoms with van der Waals surface area (Å²) in [5, 5.41) is 31.3. The number of nitrogens with zero attached hydrogens (tertiary/aromatic N) is 4. The fourth-order valence-corrected chi connectivity index (χ4v) is 3.96. The second kappa shape index (κ2) is 11.3. The Morgan fingerprint density at radius 3 is 2.22 bits per heavy atom. The van der Waals surface area contributed by atoms with Crippen LogP contribution in [0.3, 0.4) is 0 Å². The van der Waals surface area contributed by atoms with Gasteiger partial charge < -0.3 is 19.5 Å². The van der Waals surface area contributed by atoms with Crippen molar-refractivity contribution in [2.75, 3.05) is 0 Å². The van der Waals surface area contributed by atoms with Crippen molar-refractivity contribution in [2.45, 2.75) is 33.3 Å². The summed E-state index contributed by atoms with van der Waals surface area (Å²) >= 11 is 0. The topological polar surface area (TPSA) is 210 Å². The van der Waals surface area contributed by atoms with E-state index in [0.29, 0.717) is 11.6 Å². The highest BCUT2D eigenvalue weighted by Gasteiger charge is 2.32. The summed E-state index contributed by atoms with van der Waals surface area (Å²) in [6, 6.07) is 10.0. The first kappa shape index (κ1) is 28.5. The summed E-state index contributed by atoms with van der Waals surface area (Å²) < 4.78 is 33.2. The molecule has 1 unspecified atom stereocenters. The fourth-order valence-electron chi connectivity index (χ4n) is 2.66. The van der Waals surface area contributed by atoms with Crippen LogP contribution in [0.1, 0.15) is 38.8 Å². The Hall–Kier alpha value is -4.76. The summed E-state index contributed by atoms with van der Waals surface area (Å²) in [6.07, 6.45) is 0.882. The molecule has 2 aromatic rings. The second-order valence-corrected chi connectivity index (χ2v) is 9.78. The lowest BCUT2D eigenvalue weighted by atomic mass is 10.1. The Morgan fingerprint density at radius 1 is 1.11 bits per heavy atom. The zero-order chi connectivity index (χ0) is 28.0. The number of nitro benzene ring substituents is 2. The number of carbonyl (C=O) groups excluding carboxylic acids is 1. The third-order valence-electron chi connectivity index (χ3n) is 4.09. The van der Waals surface area contributed by atoms with Crippen LogP contribution in [0.15, 0.2) is 59.1 Å². The van der Waals surface area contributed by atoms with E-state index in [1.165, 1.54) is 31.2 Å². The van der Waals surface area contributed by atoms with Gasteiger partial charge in [0.15, 0.2) is 0 Å².